The standard InChI is InChI=1S/C16H16N2O6/c1-3-11(15(19)17-14-6-9(2)24-18-14)23-16(20)10-4-5-12-13(7-10)22-8-21-12/h4-7,11H,3,8H2,1-2H3,(H,17,18,19)/t11-/m1/s1. The molecule has 1 aromatic heterocycles. The average molecular weight is 332 g/mol. The lowest BCUT2D eigenvalue weighted by atomic mass is 10.2. The normalized spacial score (nSPS) is 13.4. The minimum Gasteiger partial charge on any atom is -0.454 e. The third-order valence-corrected chi connectivity index (χ3v) is 3.40. The number of ether oxygens (including phenoxy) is 3. The van der Waals surface area contributed by atoms with Crippen molar-refractivity contribution >= 4 is 17.7 Å². The molecule has 1 aromatic carbocycles. The lowest BCUT2D eigenvalue weighted by molar-refractivity contribution is -0.124. The predicted octanol–water partition coefficient (Wildman–Crippen LogP) is 2.29. The molecule has 2 aromatic rings. The molecule has 0 spiro atoms. The molecule has 2 heterocycles. The van der Waals surface area contributed by atoms with Gasteiger partial charge in [-0.05, 0) is 31.5 Å². The number of fused-ring (bicyclic) bond motifs is 1. The molecule has 3 rings (SSSR count). The van der Waals surface area contributed by atoms with Crippen LogP contribution in [0.15, 0.2) is 28.8 Å². The van der Waals surface area contributed by atoms with Gasteiger partial charge in [-0.3, -0.25) is 4.79 Å². The van der Waals surface area contributed by atoms with E-state index in [0.717, 1.165) is 0 Å². The number of rotatable bonds is 5. The summed E-state index contributed by atoms with van der Waals surface area (Å²) in [5.41, 5.74) is 0.280. The summed E-state index contributed by atoms with van der Waals surface area (Å²) >= 11 is 0. The van der Waals surface area contributed by atoms with Crippen molar-refractivity contribution in [1.82, 2.24) is 5.16 Å². The zero-order valence-electron chi connectivity index (χ0n) is 13.2. The first-order chi connectivity index (χ1) is 11.6. The maximum Gasteiger partial charge on any atom is 0.339 e. The van der Waals surface area contributed by atoms with Gasteiger partial charge in [0.15, 0.2) is 23.4 Å². The van der Waals surface area contributed by atoms with E-state index < -0.39 is 18.0 Å². The lowest BCUT2D eigenvalue weighted by Crippen LogP contribution is -2.32. The maximum atomic E-state index is 12.2. The summed E-state index contributed by atoms with van der Waals surface area (Å²) in [6.07, 6.45) is -0.626. The van der Waals surface area contributed by atoms with Gasteiger partial charge in [-0.25, -0.2) is 4.79 Å². The SMILES string of the molecule is CC[C@@H](OC(=O)c1ccc2c(c1)OCO2)C(=O)Nc1cc(C)on1. The smallest absolute Gasteiger partial charge is 0.339 e. The number of nitrogens with one attached hydrogen (secondary N) is 1. The number of carbonyl (C=O) groups is 2. The van der Waals surface area contributed by atoms with Crippen molar-refractivity contribution in [2.24, 2.45) is 0 Å². The molecule has 1 amide bonds. The third kappa shape index (κ3) is 3.32. The van der Waals surface area contributed by atoms with Crippen LogP contribution in [0.2, 0.25) is 0 Å². The predicted molar refractivity (Wildman–Crippen MR) is 81.9 cm³/mol. The molecule has 1 aliphatic rings. The number of hydrogen-bond donors (Lipinski definition) is 1. The minimum absolute atomic E-state index is 0.116. The molecule has 126 valence electrons. The van der Waals surface area contributed by atoms with E-state index in [0.29, 0.717) is 23.7 Å². The van der Waals surface area contributed by atoms with Gasteiger partial charge >= 0.3 is 5.97 Å². The molecule has 0 bridgehead atoms. The number of hydrogen-bond acceptors (Lipinski definition) is 7. The third-order valence-electron chi connectivity index (χ3n) is 3.40. The van der Waals surface area contributed by atoms with Gasteiger partial charge in [-0.2, -0.15) is 0 Å². The number of esters is 1. The Hall–Kier alpha value is -3.03. The number of aromatic nitrogens is 1. The van der Waals surface area contributed by atoms with Crippen LogP contribution in [0, 0.1) is 6.92 Å². The molecular formula is C16H16N2O6. The van der Waals surface area contributed by atoms with E-state index in [4.69, 9.17) is 18.7 Å². The van der Waals surface area contributed by atoms with E-state index in [1.807, 2.05) is 0 Å². The van der Waals surface area contributed by atoms with Crippen molar-refractivity contribution in [3.8, 4) is 11.5 Å². The van der Waals surface area contributed by atoms with E-state index in [1.165, 1.54) is 6.07 Å². The van der Waals surface area contributed by atoms with Crippen molar-refractivity contribution in [2.45, 2.75) is 26.4 Å². The molecule has 0 aliphatic carbocycles. The molecule has 8 heteroatoms. The van der Waals surface area contributed by atoms with Gasteiger partial charge in [0, 0.05) is 6.07 Å². The zero-order chi connectivity index (χ0) is 17.1. The average Bonchev–Trinajstić information content (AvgIpc) is 3.20. The van der Waals surface area contributed by atoms with Crippen LogP contribution < -0.4 is 14.8 Å². The van der Waals surface area contributed by atoms with Crippen LogP contribution in [0.25, 0.3) is 0 Å². The molecule has 0 fully saturated rings. The van der Waals surface area contributed by atoms with Gasteiger partial charge in [0.25, 0.3) is 5.91 Å². The molecular weight excluding hydrogens is 316 g/mol. The molecule has 0 saturated heterocycles. The van der Waals surface area contributed by atoms with Crippen molar-refractivity contribution in [2.75, 3.05) is 12.1 Å². The number of nitrogens with zero attached hydrogens (tertiary/aromatic N) is 1. The maximum absolute atomic E-state index is 12.2. The number of aryl methyl sites for hydroxylation is 1. The second-order valence-electron chi connectivity index (χ2n) is 5.18. The van der Waals surface area contributed by atoms with Crippen molar-refractivity contribution in [3.05, 3.63) is 35.6 Å². The summed E-state index contributed by atoms with van der Waals surface area (Å²) < 4.78 is 20.6. The first-order valence-corrected chi connectivity index (χ1v) is 7.41. The summed E-state index contributed by atoms with van der Waals surface area (Å²) in [5.74, 6) is 0.787. The summed E-state index contributed by atoms with van der Waals surface area (Å²) in [5, 5.41) is 6.22. The van der Waals surface area contributed by atoms with Gasteiger partial charge in [0.05, 0.1) is 5.56 Å². The van der Waals surface area contributed by atoms with Gasteiger partial charge in [-0.1, -0.05) is 12.1 Å². The van der Waals surface area contributed by atoms with Crippen molar-refractivity contribution < 1.29 is 28.3 Å². The second-order valence-corrected chi connectivity index (χ2v) is 5.18. The quantitative estimate of drug-likeness (QED) is 0.838. The Balaban J connectivity index is 1.65. The van der Waals surface area contributed by atoms with Crippen molar-refractivity contribution in [3.63, 3.8) is 0 Å². The fourth-order valence-corrected chi connectivity index (χ4v) is 2.18. The fraction of sp³-hybridized carbons (Fsp3) is 0.312. The largest absolute Gasteiger partial charge is 0.454 e. The highest BCUT2D eigenvalue weighted by Crippen LogP contribution is 2.32. The highest BCUT2D eigenvalue weighted by Gasteiger charge is 2.24. The Morgan fingerprint density at radius 1 is 1.29 bits per heavy atom. The Kier molecular flexibility index (Phi) is 4.37. The van der Waals surface area contributed by atoms with Crippen LogP contribution in [0.1, 0.15) is 29.5 Å². The van der Waals surface area contributed by atoms with E-state index in [2.05, 4.69) is 10.5 Å². The van der Waals surface area contributed by atoms with Crippen LogP contribution in [-0.2, 0) is 9.53 Å². The van der Waals surface area contributed by atoms with E-state index in [1.54, 1.807) is 32.0 Å². The molecule has 0 unspecified atom stereocenters. The van der Waals surface area contributed by atoms with Gasteiger partial charge < -0.3 is 24.1 Å². The summed E-state index contributed by atoms with van der Waals surface area (Å²) in [6, 6.07) is 6.28. The first-order valence-electron chi connectivity index (χ1n) is 7.41. The molecule has 0 saturated carbocycles. The van der Waals surface area contributed by atoms with Gasteiger partial charge in [0.2, 0.25) is 6.79 Å². The molecule has 1 N–H and O–H groups in total. The number of carbonyl (C=O) groups excluding carboxylic acids is 2. The Morgan fingerprint density at radius 2 is 2.08 bits per heavy atom. The highest BCUT2D eigenvalue weighted by atomic mass is 16.7. The molecule has 1 atom stereocenters. The molecule has 24 heavy (non-hydrogen) atoms. The number of benzene rings is 1. The van der Waals surface area contributed by atoms with Gasteiger partial charge in [-0.15, -0.1) is 0 Å². The van der Waals surface area contributed by atoms with Crippen LogP contribution in [0.5, 0.6) is 11.5 Å². The fourth-order valence-electron chi connectivity index (χ4n) is 2.18. The van der Waals surface area contributed by atoms with E-state index in [9.17, 15) is 9.59 Å². The zero-order valence-corrected chi connectivity index (χ0v) is 13.2. The summed E-state index contributed by atoms with van der Waals surface area (Å²) in [7, 11) is 0. The topological polar surface area (TPSA) is 99.9 Å². The van der Waals surface area contributed by atoms with Crippen molar-refractivity contribution in [1.29, 1.82) is 0 Å². The van der Waals surface area contributed by atoms with Crippen LogP contribution in [0.4, 0.5) is 5.82 Å². The number of anilines is 1. The first kappa shape index (κ1) is 15.9. The monoisotopic (exact) mass is 332 g/mol. The lowest BCUT2D eigenvalue weighted by Gasteiger charge is -2.15. The second kappa shape index (κ2) is 6.61. The van der Waals surface area contributed by atoms with E-state index >= 15 is 0 Å². The summed E-state index contributed by atoms with van der Waals surface area (Å²) in [4.78, 5) is 24.4. The highest BCUT2D eigenvalue weighted by molar-refractivity contribution is 5.97. The molecule has 1 aliphatic heterocycles. The minimum atomic E-state index is -0.945. The van der Waals surface area contributed by atoms with E-state index in [-0.39, 0.29) is 18.2 Å². The van der Waals surface area contributed by atoms with Gasteiger partial charge in [0.1, 0.15) is 5.76 Å². The van der Waals surface area contributed by atoms with Crippen LogP contribution in [0.3, 0.4) is 0 Å². The van der Waals surface area contributed by atoms with Crippen LogP contribution in [-0.4, -0.2) is 29.9 Å². The molecule has 8 nitrogen and oxygen atoms in total. The van der Waals surface area contributed by atoms with Crippen LogP contribution >= 0.6 is 0 Å². The summed E-state index contributed by atoms with van der Waals surface area (Å²) in [6.45, 7) is 3.57. The Bertz CT molecular complexity index is 770. The Morgan fingerprint density at radius 3 is 2.79 bits per heavy atom. The number of amides is 1. The Labute approximate surface area is 137 Å². The molecule has 0 radical (unpaired) electrons.